The summed E-state index contributed by atoms with van der Waals surface area (Å²) in [6.45, 7) is 8.90. The smallest absolute Gasteiger partial charge is 0.228 e. The maximum absolute atomic E-state index is 13.0. The first-order valence-corrected chi connectivity index (χ1v) is 11.9. The fourth-order valence-corrected chi connectivity index (χ4v) is 5.25. The first-order chi connectivity index (χ1) is 15.4. The van der Waals surface area contributed by atoms with Gasteiger partial charge in [-0.05, 0) is 61.6 Å². The minimum Gasteiger partial charge on any atom is -0.497 e. The number of carbonyl (C=O) groups excluding carboxylic acids is 1. The first-order valence-electron chi connectivity index (χ1n) is 11.0. The Morgan fingerprint density at radius 2 is 1.91 bits per heavy atom. The molecule has 2 aromatic heterocycles. The van der Waals surface area contributed by atoms with Gasteiger partial charge in [-0.1, -0.05) is 25.6 Å². The highest BCUT2D eigenvalue weighted by atomic mass is 32.2. The number of benzene rings is 1. The summed E-state index contributed by atoms with van der Waals surface area (Å²) in [4.78, 5) is 15.3. The maximum Gasteiger partial charge on any atom is 0.228 e. The van der Waals surface area contributed by atoms with E-state index in [1.165, 1.54) is 18.2 Å². The molecule has 3 aromatic rings. The summed E-state index contributed by atoms with van der Waals surface area (Å²) < 4.78 is 12.9. The molecule has 0 saturated carbocycles. The predicted octanol–water partition coefficient (Wildman–Crippen LogP) is 4.77. The van der Waals surface area contributed by atoms with E-state index in [-0.39, 0.29) is 11.0 Å². The largest absolute Gasteiger partial charge is 0.497 e. The number of hydrogen-bond donors (Lipinski definition) is 0. The number of hydrogen-bond acceptors (Lipinski definition) is 7. The van der Waals surface area contributed by atoms with E-state index in [4.69, 9.17) is 9.15 Å². The Morgan fingerprint density at radius 3 is 2.53 bits per heavy atom. The molecule has 3 heterocycles. The van der Waals surface area contributed by atoms with Crippen LogP contribution in [0.3, 0.4) is 0 Å². The van der Waals surface area contributed by atoms with Crippen LogP contribution in [-0.4, -0.2) is 46.0 Å². The van der Waals surface area contributed by atoms with Gasteiger partial charge >= 0.3 is 0 Å². The maximum atomic E-state index is 13.0. The molecule has 0 amide bonds. The molecule has 1 aliphatic heterocycles. The molecule has 1 aliphatic rings. The lowest BCUT2D eigenvalue weighted by atomic mass is 9.92. The first kappa shape index (κ1) is 22.5. The van der Waals surface area contributed by atoms with Gasteiger partial charge < -0.3 is 14.1 Å². The van der Waals surface area contributed by atoms with Crippen LogP contribution in [0.5, 0.6) is 5.75 Å². The molecule has 0 aliphatic carbocycles. The average molecular weight is 455 g/mol. The van der Waals surface area contributed by atoms with Crippen LogP contribution in [0, 0.1) is 11.8 Å². The Hall–Kier alpha value is -2.74. The molecule has 7 nitrogen and oxygen atoms in total. The molecule has 1 fully saturated rings. The van der Waals surface area contributed by atoms with Crippen molar-refractivity contribution in [3.05, 3.63) is 54.0 Å². The van der Waals surface area contributed by atoms with Crippen molar-refractivity contribution in [2.75, 3.05) is 25.1 Å². The minimum atomic E-state index is -0.310. The molecule has 0 spiro atoms. The quantitative estimate of drug-likeness (QED) is 0.358. The molecule has 1 aromatic carbocycles. The van der Waals surface area contributed by atoms with Crippen LogP contribution in [-0.2, 0) is 6.54 Å². The van der Waals surface area contributed by atoms with Gasteiger partial charge in [0, 0.05) is 18.7 Å². The van der Waals surface area contributed by atoms with Crippen LogP contribution >= 0.6 is 11.8 Å². The van der Waals surface area contributed by atoms with Gasteiger partial charge in [0.15, 0.2) is 10.9 Å². The minimum absolute atomic E-state index is 0.0481. The Morgan fingerprint density at radius 1 is 1.19 bits per heavy atom. The number of nitrogens with zero attached hydrogens (tertiary/aromatic N) is 4. The van der Waals surface area contributed by atoms with E-state index in [0.29, 0.717) is 23.9 Å². The lowest BCUT2D eigenvalue weighted by Gasteiger charge is -2.35. The average Bonchev–Trinajstić information content (AvgIpc) is 3.43. The van der Waals surface area contributed by atoms with Crippen molar-refractivity contribution < 1.29 is 13.9 Å². The van der Waals surface area contributed by atoms with E-state index in [1.807, 2.05) is 19.1 Å². The molecule has 170 valence electrons. The van der Waals surface area contributed by atoms with E-state index < -0.39 is 0 Å². The van der Waals surface area contributed by atoms with E-state index >= 15 is 0 Å². The van der Waals surface area contributed by atoms with Gasteiger partial charge in [-0.15, -0.1) is 10.2 Å². The lowest BCUT2D eigenvalue weighted by molar-refractivity contribution is 0.0994. The van der Waals surface area contributed by atoms with Gasteiger partial charge in [-0.25, -0.2) is 0 Å². The summed E-state index contributed by atoms with van der Waals surface area (Å²) >= 11 is 1.43. The van der Waals surface area contributed by atoms with Crippen molar-refractivity contribution in [2.24, 2.45) is 11.8 Å². The number of Topliss-reactive ketones (excluding diaryl/α,β-unsaturated/α-hetero) is 1. The summed E-state index contributed by atoms with van der Waals surface area (Å²) in [5.41, 5.74) is 0.654. The molecule has 32 heavy (non-hydrogen) atoms. The number of ketones is 1. The van der Waals surface area contributed by atoms with Crippen molar-refractivity contribution in [1.29, 1.82) is 0 Å². The van der Waals surface area contributed by atoms with E-state index in [1.54, 1.807) is 37.6 Å². The zero-order valence-corrected chi connectivity index (χ0v) is 19.8. The fraction of sp³-hybridized carbons (Fsp3) is 0.458. The van der Waals surface area contributed by atoms with Gasteiger partial charge in [0.05, 0.1) is 25.2 Å². The van der Waals surface area contributed by atoms with Gasteiger partial charge in [-0.2, -0.15) is 0 Å². The normalized spacial score (nSPS) is 19.7. The van der Waals surface area contributed by atoms with Gasteiger partial charge in [0.1, 0.15) is 11.5 Å². The van der Waals surface area contributed by atoms with Gasteiger partial charge in [-0.3, -0.25) is 9.36 Å². The summed E-state index contributed by atoms with van der Waals surface area (Å²) in [6.07, 6.45) is 2.89. The highest BCUT2D eigenvalue weighted by Crippen LogP contribution is 2.31. The SMILES string of the molecule is COc1ccc(C(=O)C(C)Sc2nnc(N3CC(C)CC(C)C3)n2Cc2ccco2)cc1. The van der Waals surface area contributed by atoms with Gasteiger partial charge in [0.2, 0.25) is 5.95 Å². The molecule has 4 rings (SSSR count). The number of piperidine rings is 1. The second kappa shape index (κ2) is 9.81. The van der Waals surface area contributed by atoms with Crippen molar-refractivity contribution in [3.63, 3.8) is 0 Å². The molecule has 8 heteroatoms. The summed E-state index contributed by atoms with van der Waals surface area (Å²) in [5, 5.41) is 9.44. The number of aromatic nitrogens is 3. The zero-order valence-electron chi connectivity index (χ0n) is 19.0. The molecule has 1 saturated heterocycles. The van der Waals surface area contributed by atoms with Crippen LogP contribution in [0.1, 0.15) is 43.3 Å². The van der Waals surface area contributed by atoms with Crippen LogP contribution < -0.4 is 9.64 Å². The third-order valence-corrected chi connectivity index (χ3v) is 6.85. The number of ether oxygens (including phenoxy) is 1. The third-order valence-electron chi connectivity index (χ3n) is 5.77. The van der Waals surface area contributed by atoms with Crippen molar-refractivity contribution in [1.82, 2.24) is 14.8 Å². The second-order valence-corrected chi connectivity index (χ2v) is 9.96. The number of thioether (sulfide) groups is 1. The molecule has 0 bridgehead atoms. The molecule has 3 atom stereocenters. The highest BCUT2D eigenvalue weighted by Gasteiger charge is 2.28. The standard InChI is InChI=1S/C24H30N4O3S/c1-16-12-17(2)14-27(13-16)23-25-26-24(28(23)15-21-6-5-11-31-21)32-18(3)22(29)19-7-9-20(30-4)10-8-19/h5-11,16-18H,12-15H2,1-4H3. The molecular weight excluding hydrogens is 424 g/mol. The summed E-state index contributed by atoms with van der Waals surface area (Å²) in [7, 11) is 1.61. The van der Waals surface area contributed by atoms with Crippen LogP contribution in [0.4, 0.5) is 5.95 Å². The van der Waals surface area contributed by atoms with Crippen LogP contribution in [0.15, 0.2) is 52.2 Å². The fourth-order valence-electron chi connectivity index (χ4n) is 4.33. The molecule has 0 N–H and O–H groups in total. The number of rotatable bonds is 8. The predicted molar refractivity (Wildman–Crippen MR) is 126 cm³/mol. The van der Waals surface area contributed by atoms with Crippen LogP contribution in [0.25, 0.3) is 0 Å². The summed E-state index contributed by atoms with van der Waals surface area (Å²) in [5.74, 6) is 3.64. The molecular formula is C24H30N4O3S. The number of methoxy groups -OCH3 is 1. The van der Waals surface area contributed by atoms with E-state index in [9.17, 15) is 4.79 Å². The second-order valence-electron chi connectivity index (χ2n) is 8.65. The molecule has 0 radical (unpaired) electrons. The van der Waals surface area contributed by atoms with Crippen molar-refractivity contribution >= 4 is 23.5 Å². The Balaban J connectivity index is 1.58. The van der Waals surface area contributed by atoms with Crippen LogP contribution in [0.2, 0.25) is 0 Å². The van der Waals surface area contributed by atoms with E-state index in [2.05, 4.69) is 33.5 Å². The summed E-state index contributed by atoms with van der Waals surface area (Å²) in [6, 6.07) is 11.0. The number of carbonyl (C=O) groups is 1. The van der Waals surface area contributed by atoms with Crippen molar-refractivity contribution in [2.45, 2.75) is 44.1 Å². The molecule has 3 unspecified atom stereocenters. The Labute approximate surface area is 193 Å². The number of furan rings is 1. The van der Waals surface area contributed by atoms with Gasteiger partial charge in [0.25, 0.3) is 0 Å². The highest BCUT2D eigenvalue weighted by molar-refractivity contribution is 8.00. The Bertz CT molecular complexity index is 1020. The number of anilines is 1. The Kier molecular flexibility index (Phi) is 6.89. The monoisotopic (exact) mass is 454 g/mol. The lowest BCUT2D eigenvalue weighted by Crippen LogP contribution is -2.40. The topological polar surface area (TPSA) is 73.4 Å². The third kappa shape index (κ3) is 5.01. The zero-order chi connectivity index (χ0) is 22.7. The van der Waals surface area contributed by atoms with E-state index in [0.717, 1.165) is 35.7 Å². The van der Waals surface area contributed by atoms with Crippen molar-refractivity contribution in [3.8, 4) is 5.75 Å².